The van der Waals surface area contributed by atoms with Crippen LogP contribution in [0.3, 0.4) is 0 Å². The van der Waals surface area contributed by atoms with Crippen LogP contribution < -0.4 is 0 Å². The smallest absolute Gasteiger partial charge is 0.119 e. The summed E-state index contributed by atoms with van der Waals surface area (Å²) < 4.78 is 1.10. The lowest BCUT2D eigenvalue weighted by molar-refractivity contribution is -0.00345. The zero-order valence-electron chi connectivity index (χ0n) is 13.8. The van der Waals surface area contributed by atoms with Gasteiger partial charge in [0.15, 0.2) is 0 Å². The molecular formula is C22H23BrO. The van der Waals surface area contributed by atoms with Crippen LogP contribution in [0.1, 0.15) is 43.6 Å². The maximum atomic E-state index is 10.6. The van der Waals surface area contributed by atoms with Gasteiger partial charge in [-0.15, -0.1) is 0 Å². The molecule has 2 heteroatoms. The van der Waals surface area contributed by atoms with E-state index in [0.29, 0.717) is 11.7 Å². The molecule has 2 aromatic rings. The van der Waals surface area contributed by atoms with E-state index >= 15 is 0 Å². The van der Waals surface area contributed by atoms with E-state index in [1.54, 1.807) is 0 Å². The second-order valence-corrected chi connectivity index (χ2v) is 9.15. The van der Waals surface area contributed by atoms with Gasteiger partial charge in [-0.2, -0.15) is 0 Å². The summed E-state index contributed by atoms with van der Waals surface area (Å²) in [7, 11) is 0. The van der Waals surface area contributed by atoms with Gasteiger partial charge in [0.2, 0.25) is 0 Å². The molecule has 0 radical (unpaired) electrons. The van der Waals surface area contributed by atoms with E-state index in [2.05, 4.69) is 52.3 Å². The minimum atomic E-state index is 0.508. The lowest BCUT2D eigenvalue weighted by Gasteiger charge is -2.54. The zero-order chi connectivity index (χ0) is 16.3. The number of hydrogen-bond acceptors (Lipinski definition) is 1. The van der Waals surface area contributed by atoms with Gasteiger partial charge in [0, 0.05) is 4.47 Å². The van der Waals surface area contributed by atoms with Crippen molar-refractivity contribution >= 4 is 15.9 Å². The Morgan fingerprint density at radius 3 is 1.96 bits per heavy atom. The Kier molecular flexibility index (Phi) is 3.52. The first kappa shape index (κ1) is 15.0. The topological polar surface area (TPSA) is 20.2 Å². The Morgan fingerprint density at radius 2 is 1.33 bits per heavy atom. The third-order valence-electron chi connectivity index (χ3n) is 6.79. The Hall–Kier alpha value is -1.28. The summed E-state index contributed by atoms with van der Waals surface area (Å²) in [5.41, 5.74) is 3.66. The first-order chi connectivity index (χ1) is 11.7. The predicted molar refractivity (Wildman–Crippen MR) is 101 cm³/mol. The molecule has 0 atom stereocenters. The molecule has 0 unspecified atom stereocenters. The van der Waals surface area contributed by atoms with Gasteiger partial charge in [0.05, 0.1) is 0 Å². The van der Waals surface area contributed by atoms with Crippen LogP contribution in [0.15, 0.2) is 46.9 Å². The fourth-order valence-corrected chi connectivity index (χ4v) is 6.34. The van der Waals surface area contributed by atoms with Gasteiger partial charge in [0.1, 0.15) is 5.75 Å². The summed E-state index contributed by atoms with van der Waals surface area (Å²) in [5, 5.41) is 10.6. The summed E-state index contributed by atoms with van der Waals surface area (Å²) in [4.78, 5) is 0. The summed E-state index contributed by atoms with van der Waals surface area (Å²) in [6, 6.07) is 14.7. The molecule has 0 spiro atoms. The minimum Gasteiger partial charge on any atom is -0.508 e. The van der Waals surface area contributed by atoms with Crippen LogP contribution in [0, 0.1) is 23.7 Å². The maximum absolute atomic E-state index is 10.6. The Morgan fingerprint density at radius 1 is 0.750 bits per heavy atom. The highest BCUT2D eigenvalue weighted by molar-refractivity contribution is 9.10. The molecule has 4 aliphatic carbocycles. The number of hydrogen-bond donors (Lipinski definition) is 1. The van der Waals surface area contributed by atoms with Crippen molar-refractivity contribution in [3.8, 4) is 16.9 Å². The molecule has 2 aromatic carbocycles. The monoisotopic (exact) mass is 382 g/mol. The van der Waals surface area contributed by atoms with Crippen molar-refractivity contribution in [2.45, 2.75) is 38.0 Å². The largest absolute Gasteiger partial charge is 0.508 e. The molecule has 0 aromatic heterocycles. The molecule has 24 heavy (non-hydrogen) atoms. The Balaban J connectivity index is 1.54. The van der Waals surface area contributed by atoms with Crippen LogP contribution in [0.5, 0.6) is 5.75 Å². The highest BCUT2D eigenvalue weighted by Gasteiger charge is 2.49. The number of halogens is 1. The van der Waals surface area contributed by atoms with E-state index in [-0.39, 0.29) is 0 Å². The molecule has 124 valence electrons. The highest BCUT2D eigenvalue weighted by atomic mass is 79.9. The number of aromatic hydroxyl groups is 1. The van der Waals surface area contributed by atoms with E-state index in [4.69, 9.17) is 0 Å². The van der Waals surface area contributed by atoms with Crippen molar-refractivity contribution in [3.05, 3.63) is 52.5 Å². The predicted octanol–water partition coefficient (Wildman–Crippen LogP) is 6.36. The van der Waals surface area contributed by atoms with Gasteiger partial charge in [-0.25, -0.2) is 0 Å². The Labute approximate surface area is 152 Å². The Bertz CT molecular complexity index is 736. The van der Waals surface area contributed by atoms with Crippen LogP contribution >= 0.6 is 15.9 Å². The quantitative estimate of drug-likeness (QED) is 0.640. The van der Waals surface area contributed by atoms with Gasteiger partial charge >= 0.3 is 0 Å². The number of rotatable bonds is 2. The van der Waals surface area contributed by atoms with Crippen molar-refractivity contribution in [2.24, 2.45) is 23.7 Å². The van der Waals surface area contributed by atoms with Gasteiger partial charge in [-0.3, -0.25) is 0 Å². The summed E-state index contributed by atoms with van der Waals surface area (Å²) in [6.07, 6.45) is 7.03. The standard InChI is InChI=1S/C22H23BrO/c23-19-4-1-15(2-5-19)16-3-6-21(24)20(12-16)22-17-8-13-7-14(10-17)11-18(22)9-13/h1-6,12-14,17-18,22,24H,7-11H2. The molecule has 6 rings (SSSR count). The number of phenols is 1. The lowest BCUT2D eigenvalue weighted by Crippen LogP contribution is -2.43. The van der Waals surface area contributed by atoms with Crippen molar-refractivity contribution in [1.82, 2.24) is 0 Å². The van der Waals surface area contributed by atoms with Gasteiger partial charge in [0.25, 0.3) is 0 Å². The summed E-state index contributed by atoms with van der Waals surface area (Å²) >= 11 is 3.51. The number of benzene rings is 2. The first-order valence-corrected chi connectivity index (χ1v) is 10.1. The van der Waals surface area contributed by atoms with Crippen LogP contribution in [-0.2, 0) is 0 Å². The van der Waals surface area contributed by atoms with E-state index in [0.717, 1.165) is 28.1 Å². The molecule has 0 saturated heterocycles. The van der Waals surface area contributed by atoms with E-state index in [1.807, 2.05) is 6.07 Å². The fraction of sp³-hybridized carbons (Fsp3) is 0.455. The number of phenolic OH excluding ortho intramolecular Hbond substituents is 1. The third-order valence-corrected chi connectivity index (χ3v) is 7.32. The van der Waals surface area contributed by atoms with Crippen molar-refractivity contribution in [2.75, 3.05) is 0 Å². The lowest BCUT2D eigenvalue weighted by atomic mass is 9.50. The molecule has 0 heterocycles. The molecule has 1 N–H and O–H groups in total. The van der Waals surface area contributed by atoms with E-state index in [9.17, 15) is 5.11 Å². The first-order valence-electron chi connectivity index (χ1n) is 9.26. The van der Waals surface area contributed by atoms with Crippen LogP contribution in [-0.4, -0.2) is 5.11 Å². The molecule has 4 fully saturated rings. The molecule has 4 aliphatic rings. The second kappa shape index (κ2) is 5.62. The second-order valence-electron chi connectivity index (χ2n) is 8.24. The van der Waals surface area contributed by atoms with E-state index < -0.39 is 0 Å². The minimum absolute atomic E-state index is 0.508. The summed E-state index contributed by atoms with van der Waals surface area (Å²) in [6.45, 7) is 0. The van der Waals surface area contributed by atoms with E-state index in [1.165, 1.54) is 48.8 Å². The average Bonchev–Trinajstić information content (AvgIpc) is 2.56. The van der Waals surface area contributed by atoms with Gasteiger partial charge in [-0.1, -0.05) is 34.1 Å². The van der Waals surface area contributed by atoms with Gasteiger partial charge < -0.3 is 5.11 Å². The molecule has 4 saturated carbocycles. The molecule has 0 aliphatic heterocycles. The third kappa shape index (κ3) is 2.42. The molecule has 4 bridgehead atoms. The normalized spacial score (nSPS) is 33.8. The average molecular weight is 383 g/mol. The maximum Gasteiger partial charge on any atom is 0.119 e. The van der Waals surface area contributed by atoms with Crippen LogP contribution in [0.25, 0.3) is 11.1 Å². The molecule has 1 nitrogen and oxygen atoms in total. The fourth-order valence-electron chi connectivity index (χ4n) is 6.08. The van der Waals surface area contributed by atoms with Crippen LogP contribution in [0.4, 0.5) is 0 Å². The van der Waals surface area contributed by atoms with Gasteiger partial charge in [-0.05, 0) is 103 Å². The molecular weight excluding hydrogens is 360 g/mol. The highest BCUT2D eigenvalue weighted by Crippen LogP contribution is 2.60. The van der Waals surface area contributed by atoms with Crippen molar-refractivity contribution < 1.29 is 5.11 Å². The van der Waals surface area contributed by atoms with Crippen molar-refractivity contribution in [1.29, 1.82) is 0 Å². The summed E-state index contributed by atoms with van der Waals surface area (Å²) in [5.74, 6) is 4.63. The SMILES string of the molecule is Oc1ccc(-c2ccc(Br)cc2)cc1C1C2CC3CC(C2)CC1C3. The van der Waals surface area contributed by atoms with Crippen LogP contribution in [0.2, 0.25) is 0 Å². The molecule has 0 amide bonds. The zero-order valence-corrected chi connectivity index (χ0v) is 15.4. The van der Waals surface area contributed by atoms with Crippen molar-refractivity contribution in [3.63, 3.8) is 0 Å².